The molecule has 2 heterocycles. The Morgan fingerprint density at radius 1 is 0.892 bits per heavy atom. The molecule has 2 amide bonds. The molecule has 2 aliphatic rings. The molecular weight excluding hydrogens is 476 g/mol. The average molecular weight is 506 g/mol. The monoisotopic (exact) mass is 505 g/mol. The highest BCUT2D eigenvalue weighted by Crippen LogP contribution is 2.43. The van der Waals surface area contributed by atoms with Gasteiger partial charge in [-0.3, -0.25) is 9.59 Å². The summed E-state index contributed by atoms with van der Waals surface area (Å²) in [4.78, 5) is 33.4. The zero-order valence-corrected chi connectivity index (χ0v) is 20.6. The Morgan fingerprint density at radius 2 is 1.51 bits per heavy atom. The molecule has 6 nitrogen and oxygen atoms in total. The molecule has 0 radical (unpaired) electrons. The second kappa shape index (κ2) is 10.7. The fourth-order valence-electron chi connectivity index (χ4n) is 5.36. The van der Waals surface area contributed by atoms with E-state index in [0.717, 1.165) is 5.69 Å². The summed E-state index contributed by atoms with van der Waals surface area (Å²) in [7, 11) is 1.57. The van der Waals surface area contributed by atoms with Gasteiger partial charge in [0.15, 0.2) is 0 Å². The Bertz CT molecular complexity index is 1260. The Hall–Kier alpha value is -3.78. The van der Waals surface area contributed by atoms with Gasteiger partial charge in [0.2, 0.25) is 5.91 Å². The van der Waals surface area contributed by atoms with E-state index in [1.165, 1.54) is 24.3 Å². The predicted molar refractivity (Wildman–Crippen MR) is 136 cm³/mol. The Kier molecular flexibility index (Phi) is 7.19. The van der Waals surface area contributed by atoms with Crippen LogP contribution in [0.4, 0.5) is 14.5 Å². The Labute approximate surface area is 215 Å². The largest absolute Gasteiger partial charge is 0.383 e. The molecular formula is C29H29F2N3O3. The van der Waals surface area contributed by atoms with E-state index in [1.54, 1.807) is 48.4 Å². The molecule has 0 spiro atoms. The lowest BCUT2D eigenvalue weighted by Gasteiger charge is -2.44. The quantitative estimate of drug-likeness (QED) is 0.503. The van der Waals surface area contributed by atoms with Crippen LogP contribution in [-0.2, 0) is 9.53 Å². The number of methoxy groups -OCH3 is 1. The summed E-state index contributed by atoms with van der Waals surface area (Å²) in [5.41, 5.74) is 2.79. The van der Waals surface area contributed by atoms with Crippen LogP contribution in [0.3, 0.4) is 0 Å². The molecule has 3 aromatic carbocycles. The van der Waals surface area contributed by atoms with E-state index >= 15 is 0 Å². The summed E-state index contributed by atoms with van der Waals surface area (Å²) >= 11 is 0. The summed E-state index contributed by atoms with van der Waals surface area (Å²) in [6.07, 6.45) is 0. The van der Waals surface area contributed by atoms with Gasteiger partial charge in [-0.2, -0.15) is 0 Å². The van der Waals surface area contributed by atoms with E-state index in [2.05, 4.69) is 4.90 Å². The highest BCUT2D eigenvalue weighted by molar-refractivity contribution is 6.01. The number of carbonyl (C=O) groups is 2. The van der Waals surface area contributed by atoms with Crippen molar-refractivity contribution in [3.05, 3.63) is 101 Å². The molecule has 0 aliphatic carbocycles. The van der Waals surface area contributed by atoms with Crippen LogP contribution in [0.2, 0.25) is 0 Å². The SMILES string of the molecule is COCCN1C(=O)c2ccccc2[C@H](C(=O)N2CCN(c3ccc(F)cc3)CC2)[C@@H]1c1ccc(F)cc1. The van der Waals surface area contributed by atoms with Crippen molar-refractivity contribution in [1.29, 1.82) is 0 Å². The molecule has 1 fully saturated rings. The standard InChI is InChI=1S/C29H29F2N3O3/c1-37-19-18-34-27(20-6-8-21(30)9-7-20)26(24-4-2-3-5-25(24)28(34)35)29(36)33-16-14-32(15-17-33)23-12-10-22(31)11-13-23/h2-13,26-27H,14-19H2,1H3/t26-,27-/m0/s1. The van der Waals surface area contributed by atoms with Crippen molar-refractivity contribution in [2.45, 2.75) is 12.0 Å². The number of hydrogen-bond acceptors (Lipinski definition) is 4. The first-order valence-electron chi connectivity index (χ1n) is 12.4. The van der Waals surface area contributed by atoms with Crippen LogP contribution >= 0.6 is 0 Å². The van der Waals surface area contributed by atoms with Gasteiger partial charge in [-0.1, -0.05) is 30.3 Å². The third kappa shape index (κ3) is 4.93. The molecule has 0 N–H and O–H groups in total. The van der Waals surface area contributed by atoms with Gasteiger partial charge in [-0.05, 0) is 53.6 Å². The van der Waals surface area contributed by atoms with Crippen molar-refractivity contribution in [3.8, 4) is 0 Å². The first kappa shape index (κ1) is 24.9. The van der Waals surface area contributed by atoms with Crippen molar-refractivity contribution in [2.24, 2.45) is 0 Å². The zero-order chi connectivity index (χ0) is 25.9. The molecule has 0 aromatic heterocycles. The smallest absolute Gasteiger partial charge is 0.254 e. The zero-order valence-electron chi connectivity index (χ0n) is 20.6. The summed E-state index contributed by atoms with van der Waals surface area (Å²) in [6.45, 7) is 2.82. The topological polar surface area (TPSA) is 53.1 Å². The number of piperazine rings is 1. The van der Waals surface area contributed by atoms with Gasteiger partial charge in [-0.25, -0.2) is 8.78 Å². The number of benzene rings is 3. The highest BCUT2D eigenvalue weighted by atomic mass is 19.1. The number of hydrogen-bond donors (Lipinski definition) is 0. The Balaban J connectivity index is 1.48. The number of ether oxygens (including phenoxy) is 1. The molecule has 37 heavy (non-hydrogen) atoms. The van der Waals surface area contributed by atoms with Crippen LogP contribution in [0, 0.1) is 11.6 Å². The molecule has 8 heteroatoms. The summed E-state index contributed by atoms with van der Waals surface area (Å²) < 4.78 is 32.4. The number of halogens is 2. The summed E-state index contributed by atoms with van der Waals surface area (Å²) in [5, 5.41) is 0. The molecule has 0 unspecified atom stereocenters. The number of fused-ring (bicyclic) bond motifs is 1. The lowest BCUT2D eigenvalue weighted by atomic mass is 9.78. The van der Waals surface area contributed by atoms with E-state index in [0.29, 0.717) is 56.0 Å². The van der Waals surface area contributed by atoms with Crippen LogP contribution in [0.5, 0.6) is 0 Å². The summed E-state index contributed by atoms with van der Waals surface area (Å²) in [5.74, 6) is -1.56. The minimum Gasteiger partial charge on any atom is -0.383 e. The fourth-order valence-corrected chi connectivity index (χ4v) is 5.36. The minimum atomic E-state index is -0.645. The minimum absolute atomic E-state index is 0.0737. The second-order valence-electron chi connectivity index (χ2n) is 9.34. The van der Waals surface area contributed by atoms with Gasteiger partial charge in [0.05, 0.1) is 18.6 Å². The molecule has 0 saturated carbocycles. The predicted octanol–water partition coefficient (Wildman–Crippen LogP) is 4.24. The van der Waals surface area contributed by atoms with Gasteiger partial charge >= 0.3 is 0 Å². The number of rotatable bonds is 6. The number of amides is 2. The van der Waals surface area contributed by atoms with Crippen LogP contribution in [0.1, 0.15) is 33.4 Å². The molecule has 192 valence electrons. The van der Waals surface area contributed by atoms with E-state index in [1.807, 2.05) is 17.0 Å². The molecule has 2 aliphatic heterocycles. The maximum Gasteiger partial charge on any atom is 0.254 e. The maximum atomic E-state index is 14.2. The average Bonchev–Trinajstić information content (AvgIpc) is 2.93. The molecule has 1 saturated heterocycles. The van der Waals surface area contributed by atoms with E-state index in [-0.39, 0.29) is 23.4 Å². The summed E-state index contributed by atoms with van der Waals surface area (Å²) in [6, 6.07) is 19.0. The van der Waals surface area contributed by atoms with Crippen LogP contribution in [0.25, 0.3) is 0 Å². The van der Waals surface area contributed by atoms with Crippen molar-refractivity contribution in [2.75, 3.05) is 51.3 Å². The first-order chi connectivity index (χ1) is 18.0. The van der Waals surface area contributed by atoms with E-state index < -0.39 is 12.0 Å². The fraction of sp³-hybridized carbons (Fsp3) is 0.310. The third-order valence-corrected chi connectivity index (χ3v) is 7.24. The lowest BCUT2D eigenvalue weighted by Crippen LogP contribution is -2.53. The normalized spacial score (nSPS) is 19.6. The molecule has 5 rings (SSSR count). The number of carbonyl (C=O) groups excluding carboxylic acids is 2. The van der Waals surface area contributed by atoms with E-state index in [9.17, 15) is 18.4 Å². The van der Waals surface area contributed by atoms with Gasteiger partial charge in [0, 0.05) is 51.1 Å². The van der Waals surface area contributed by atoms with Crippen molar-refractivity contribution in [1.82, 2.24) is 9.80 Å². The van der Waals surface area contributed by atoms with Gasteiger partial charge < -0.3 is 19.4 Å². The van der Waals surface area contributed by atoms with Gasteiger partial charge in [0.1, 0.15) is 11.6 Å². The molecule has 0 bridgehead atoms. The second-order valence-corrected chi connectivity index (χ2v) is 9.34. The van der Waals surface area contributed by atoms with Gasteiger partial charge in [0.25, 0.3) is 5.91 Å². The van der Waals surface area contributed by atoms with Crippen molar-refractivity contribution in [3.63, 3.8) is 0 Å². The van der Waals surface area contributed by atoms with Crippen molar-refractivity contribution >= 4 is 17.5 Å². The van der Waals surface area contributed by atoms with Crippen LogP contribution in [-0.4, -0.2) is 68.1 Å². The third-order valence-electron chi connectivity index (χ3n) is 7.24. The number of nitrogens with zero attached hydrogens (tertiary/aromatic N) is 3. The highest BCUT2D eigenvalue weighted by Gasteiger charge is 2.45. The Morgan fingerprint density at radius 3 is 2.16 bits per heavy atom. The van der Waals surface area contributed by atoms with Crippen LogP contribution in [0.15, 0.2) is 72.8 Å². The lowest BCUT2D eigenvalue weighted by molar-refractivity contribution is -0.135. The van der Waals surface area contributed by atoms with Crippen LogP contribution < -0.4 is 4.90 Å². The first-order valence-corrected chi connectivity index (χ1v) is 12.4. The van der Waals surface area contributed by atoms with Gasteiger partial charge in [-0.15, -0.1) is 0 Å². The maximum absolute atomic E-state index is 14.2. The molecule has 2 atom stereocenters. The molecule has 3 aromatic rings. The van der Waals surface area contributed by atoms with E-state index in [4.69, 9.17) is 4.74 Å². The van der Waals surface area contributed by atoms with Crippen molar-refractivity contribution < 1.29 is 23.1 Å². The number of anilines is 1.